The van der Waals surface area contributed by atoms with Crippen molar-refractivity contribution in [2.24, 2.45) is 0 Å². The van der Waals surface area contributed by atoms with Crippen molar-refractivity contribution in [2.45, 2.75) is 18.2 Å². The van der Waals surface area contributed by atoms with Crippen molar-refractivity contribution < 1.29 is 45.3 Å². The minimum Gasteiger partial charge on any atom is -0.494 e. The molecule has 0 aliphatic carbocycles. The molecule has 3 rings (SSSR count). The van der Waals surface area contributed by atoms with E-state index in [-0.39, 0.29) is 22.0 Å². The third-order valence-electron chi connectivity index (χ3n) is 5.04. The topological polar surface area (TPSA) is 103 Å². The van der Waals surface area contributed by atoms with Gasteiger partial charge in [-0.3, -0.25) is 9.10 Å². The van der Waals surface area contributed by atoms with Gasteiger partial charge in [-0.2, -0.15) is 0 Å². The molecule has 0 saturated carbocycles. The molecule has 3 aromatic carbocycles. The number of ether oxygens (including phenoxy) is 4. The summed E-state index contributed by atoms with van der Waals surface area (Å²) in [5.74, 6) is -0.221. The van der Waals surface area contributed by atoms with Crippen molar-refractivity contribution in [1.82, 2.24) is 0 Å². The Labute approximate surface area is 217 Å². The Morgan fingerprint density at radius 3 is 2.05 bits per heavy atom. The second-order valence-corrected chi connectivity index (χ2v) is 9.44. The molecule has 13 heteroatoms. The fraction of sp³-hybridized carbons (Fsp3) is 0.240. The Bertz CT molecular complexity index is 1350. The second-order valence-electron chi connectivity index (χ2n) is 7.58. The van der Waals surface area contributed by atoms with Crippen molar-refractivity contribution >= 4 is 27.3 Å². The average Bonchev–Trinajstić information content (AvgIpc) is 2.88. The maximum atomic E-state index is 13.7. The van der Waals surface area contributed by atoms with E-state index in [9.17, 15) is 26.4 Å². The summed E-state index contributed by atoms with van der Waals surface area (Å²) in [7, 11) is -1.53. The van der Waals surface area contributed by atoms with Crippen LogP contribution in [0.25, 0.3) is 0 Å². The summed E-state index contributed by atoms with van der Waals surface area (Å²) in [4.78, 5) is 12.7. The van der Waals surface area contributed by atoms with Crippen molar-refractivity contribution in [3.05, 3.63) is 66.7 Å². The van der Waals surface area contributed by atoms with Crippen molar-refractivity contribution in [1.29, 1.82) is 0 Å². The molecule has 0 aliphatic rings. The number of hydrogen-bond donors (Lipinski definition) is 1. The highest BCUT2D eigenvalue weighted by atomic mass is 32.2. The van der Waals surface area contributed by atoms with Crippen LogP contribution < -0.4 is 28.6 Å². The van der Waals surface area contributed by atoms with Gasteiger partial charge in [0.1, 0.15) is 18.0 Å². The molecule has 0 radical (unpaired) electrons. The summed E-state index contributed by atoms with van der Waals surface area (Å²) < 4.78 is 85.0. The molecule has 0 spiro atoms. The Morgan fingerprint density at radius 2 is 1.50 bits per heavy atom. The predicted octanol–water partition coefficient (Wildman–Crippen LogP) is 4.84. The van der Waals surface area contributed by atoms with Crippen LogP contribution in [0.15, 0.2) is 71.6 Å². The van der Waals surface area contributed by atoms with Crippen LogP contribution in [0.5, 0.6) is 23.0 Å². The van der Waals surface area contributed by atoms with E-state index in [4.69, 9.17) is 14.2 Å². The molecule has 38 heavy (non-hydrogen) atoms. The minimum atomic E-state index is -4.86. The third kappa shape index (κ3) is 7.22. The normalized spacial score (nSPS) is 11.4. The van der Waals surface area contributed by atoms with Gasteiger partial charge in [0.05, 0.1) is 31.4 Å². The summed E-state index contributed by atoms with van der Waals surface area (Å²) >= 11 is 0. The number of sulfonamides is 1. The van der Waals surface area contributed by atoms with Crippen LogP contribution in [0.4, 0.5) is 24.5 Å². The molecule has 0 atom stereocenters. The Hall–Kier alpha value is -4.13. The number of nitrogens with zero attached hydrogens (tertiary/aromatic N) is 1. The fourth-order valence-corrected chi connectivity index (χ4v) is 4.80. The minimum absolute atomic E-state index is 0.139. The summed E-state index contributed by atoms with van der Waals surface area (Å²) in [6.45, 7) is 1.56. The maximum Gasteiger partial charge on any atom is 0.573 e. The summed E-state index contributed by atoms with van der Waals surface area (Å²) in [6, 6.07) is 14.5. The zero-order chi connectivity index (χ0) is 27.9. The van der Waals surface area contributed by atoms with E-state index in [0.717, 1.165) is 16.4 Å². The van der Waals surface area contributed by atoms with Gasteiger partial charge in [-0.15, -0.1) is 13.2 Å². The van der Waals surface area contributed by atoms with E-state index in [0.29, 0.717) is 18.1 Å². The van der Waals surface area contributed by atoms with E-state index < -0.39 is 34.6 Å². The summed E-state index contributed by atoms with van der Waals surface area (Å²) in [6.07, 6.45) is -4.86. The number of rotatable bonds is 11. The lowest BCUT2D eigenvalue weighted by atomic mass is 10.3. The number of carbonyl (C=O) groups excluding carboxylic acids is 1. The molecule has 0 aliphatic heterocycles. The van der Waals surface area contributed by atoms with E-state index in [1.165, 1.54) is 56.7 Å². The molecule has 1 amide bonds. The number of anilines is 2. The first-order valence-corrected chi connectivity index (χ1v) is 12.5. The van der Waals surface area contributed by atoms with Crippen molar-refractivity contribution in [2.75, 3.05) is 37.0 Å². The van der Waals surface area contributed by atoms with Gasteiger partial charge < -0.3 is 24.3 Å². The zero-order valence-corrected chi connectivity index (χ0v) is 21.4. The number of nitrogens with one attached hydrogen (secondary N) is 1. The van der Waals surface area contributed by atoms with E-state index >= 15 is 0 Å². The monoisotopic (exact) mass is 554 g/mol. The molecule has 9 nitrogen and oxygen atoms in total. The molecular weight excluding hydrogens is 529 g/mol. The standard InChI is InChI=1S/C25H25F3N2O7S/c1-4-36-19-11-7-18(8-12-19)30(38(32,33)21-13-14-22(34-2)23(15-21)35-3)16-24(31)29-17-5-9-20(10-6-17)37-25(26,27)28/h5-15H,4,16H2,1-3H3,(H,29,31). The third-order valence-corrected chi connectivity index (χ3v) is 6.81. The Kier molecular flexibility index (Phi) is 8.94. The first-order chi connectivity index (χ1) is 18.0. The van der Waals surface area contributed by atoms with Gasteiger partial charge in [-0.1, -0.05) is 0 Å². The molecule has 0 bridgehead atoms. The zero-order valence-electron chi connectivity index (χ0n) is 20.6. The first kappa shape index (κ1) is 28.4. The van der Waals surface area contributed by atoms with Gasteiger partial charge in [-0.05, 0) is 67.6 Å². The average molecular weight is 555 g/mol. The van der Waals surface area contributed by atoms with Gasteiger partial charge in [0, 0.05) is 11.8 Å². The van der Waals surface area contributed by atoms with Crippen LogP contribution in [0.1, 0.15) is 6.92 Å². The molecule has 0 aromatic heterocycles. The van der Waals surface area contributed by atoms with Gasteiger partial charge in [0.15, 0.2) is 11.5 Å². The van der Waals surface area contributed by atoms with Gasteiger partial charge in [0.25, 0.3) is 10.0 Å². The van der Waals surface area contributed by atoms with E-state index in [1.807, 2.05) is 0 Å². The van der Waals surface area contributed by atoms with E-state index in [2.05, 4.69) is 10.1 Å². The van der Waals surface area contributed by atoms with Crippen LogP contribution in [-0.2, 0) is 14.8 Å². The largest absolute Gasteiger partial charge is 0.573 e. The predicted molar refractivity (Wildman–Crippen MR) is 133 cm³/mol. The molecule has 1 N–H and O–H groups in total. The molecule has 0 unspecified atom stereocenters. The number of amides is 1. The molecule has 204 valence electrons. The van der Waals surface area contributed by atoms with Crippen LogP contribution in [0, 0.1) is 0 Å². The number of methoxy groups -OCH3 is 2. The Balaban J connectivity index is 1.91. The number of halogens is 3. The summed E-state index contributed by atoms with van der Waals surface area (Å²) in [5.41, 5.74) is 0.312. The molecule has 0 fully saturated rings. The van der Waals surface area contributed by atoms with Crippen LogP contribution >= 0.6 is 0 Å². The van der Waals surface area contributed by atoms with Gasteiger partial charge in [0.2, 0.25) is 5.91 Å². The van der Waals surface area contributed by atoms with Crippen LogP contribution in [0.2, 0.25) is 0 Å². The molecule has 0 heterocycles. The highest BCUT2D eigenvalue weighted by Gasteiger charge is 2.31. The number of alkyl halides is 3. The van der Waals surface area contributed by atoms with Crippen LogP contribution in [-0.4, -0.2) is 48.1 Å². The van der Waals surface area contributed by atoms with Gasteiger partial charge in [-0.25, -0.2) is 8.42 Å². The van der Waals surface area contributed by atoms with E-state index in [1.54, 1.807) is 19.1 Å². The lowest BCUT2D eigenvalue weighted by molar-refractivity contribution is -0.274. The second kappa shape index (κ2) is 11.9. The lowest BCUT2D eigenvalue weighted by Crippen LogP contribution is -2.38. The quantitative estimate of drug-likeness (QED) is 0.362. The molecule has 0 saturated heterocycles. The number of benzene rings is 3. The first-order valence-electron chi connectivity index (χ1n) is 11.1. The lowest BCUT2D eigenvalue weighted by Gasteiger charge is -2.25. The van der Waals surface area contributed by atoms with Crippen molar-refractivity contribution in [3.63, 3.8) is 0 Å². The number of carbonyl (C=O) groups is 1. The highest BCUT2D eigenvalue weighted by Crippen LogP contribution is 2.33. The van der Waals surface area contributed by atoms with Gasteiger partial charge >= 0.3 is 6.36 Å². The molecular formula is C25H25F3N2O7S. The highest BCUT2D eigenvalue weighted by molar-refractivity contribution is 7.92. The molecule has 3 aromatic rings. The number of hydrogen-bond acceptors (Lipinski definition) is 7. The smallest absolute Gasteiger partial charge is 0.494 e. The summed E-state index contributed by atoms with van der Waals surface area (Å²) in [5, 5.41) is 2.48. The SMILES string of the molecule is CCOc1ccc(N(CC(=O)Nc2ccc(OC(F)(F)F)cc2)S(=O)(=O)c2ccc(OC)c(OC)c2)cc1. The van der Waals surface area contributed by atoms with Crippen LogP contribution in [0.3, 0.4) is 0 Å². The Morgan fingerprint density at radius 1 is 0.895 bits per heavy atom. The van der Waals surface area contributed by atoms with Crippen molar-refractivity contribution in [3.8, 4) is 23.0 Å². The fourth-order valence-electron chi connectivity index (χ4n) is 3.37. The maximum absolute atomic E-state index is 13.7.